The van der Waals surface area contributed by atoms with Gasteiger partial charge in [0.15, 0.2) is 0 Å². The van der Waals surface area contributed by atoms with Crippen LogP contribution in [0.1, 0.15) is 24.8 Å². The summed E-state index contributed by atoms with van der Waals surface area (Å²) in [4.78, 5) is 12.3. The zero-order valence-corrected chi connectivity index (χ0v) is 13.4. The molecule has 1 aromatic rings. The van der Waals surface area contributed by atoms with Gasteiger partial charge in [0.1, 0.15) is 5.75 Å². The first-order chi connectivity index (χ1) is 10.5. The van der Waals surface area contributed by atoms with Crippen molar-refractivity contribution in [2.24, 2.45) is 23.5 Å². The highest BCUT2D eigenvalue weighted by Crippen LogP contribution is 2.47. The number of hydrogen-bond acceptors (Lipinski definition) is 3. The van der Waals surface area contributed by atoms with Gasteiger partial charge in [-0.25, -0.2) is 0 Å². The lowest BCUT2D eigenvalue weighted by molar-refractivity contribution is -0.127. The summed E-state index contributed by atoms with van der Waals surface area (Å²) in [5.74, 6) is 0.828. The summed E-state index contributed by atoms with van der Waals surface area (Å²) in [7, 11) is 0. The third-order valence-corrected chi connectivity index (χ3v) is 4.87. The normalized spacial score (nSPS) is 28.5. The van der Waals surface area contributed by atoms with Crippen molar-refractivity contribution < 1.29 is 18.3 Å². The van der Waals surface area contributed by atoms with Crippen LogP contribution >= 0.6 is 12.4 Å². The molecule has 2 bridgehead atoms. The first-order valence-electron chi connectivity index (χ1n) is 7.61. The van der Waals surface area contributed by atoms with E-state index < -0.39 is 6.61 Å². The fourth-order valence-electron chi connectivity index (χ4n) is 3.86. The van der Waals surface area contributed by atoms with Crippen LogP contribution in [0.4, 0.5) is 8.78 Å². The minimum absolute atomic E-state index is 0. The lowest BCUT2D eigenvalue weighted by Gasteiger charge is -2.27. The number of alkyl halides is 2. The van der Waals surface area contributed by atoms with Crippen LogP contribution in [-0.2, 0) is 11.3 Å². The van der Waals surface area contributed by atoms with Crippen molar-refractivity contribution in [1.29, 1.82) is 0 Å². The second kappa shape index (κ2) is 7.45. The minimum Gasteiger partial charge on any atom is -0.435 e. The van der Waals surface area contributed by atoms with Crippen molar-refractivity contribution in [3.05, 3.63) is 29.8 Å². The topological polar surface area (TPSA) is 64.4 Å². The molecule has 7 heteroatoms. The van der Waals surface area contributed by atoms with E-state index in [1.807, 2.05) is 0 Å². The van der Waals surface area contributed by atoms with Gasteiger partial charge in [-0.15, -0.1) is 12.4 Å². The standard InChI is InChI=1S/C16H20F2N2O2.ClH/c17-16(18)22-12-3-1-2-9(6-12)8-20-15(21)13-10-4-5-11(7-10)14(13)19;/h1-3,6,10-11,13-14,16H,4-5,7-8,19H2,(H,20,21);1H. The van der Waals surface area contributed by atoms with Crippen molar-refractivity contribution in [3.8, 4) is 5.75 Å². The zero-order valence-electron chi connectivity index (χ0n) is 12.6. The predicted molar refractivity (Wildman–Crippen MR) is 84.5 cm³/mol. The number of benzene rings is 1. The van der Waals surface area contributed by atoms with Crippen LogP contribution in [-0.4, -0.2) is 18.6 Å². The maximum absolute atomic E-state index is 12.3. The van der Waals surface area contributed by atoms with E-state index in [0.717, 1.165) is 24.8 Å². The Morgan fingerprint density at radius 1 is 1.35 bits per heavy atom. The number of fused-ring (bicyclic) bond motifs is 2. The van der Waals surface area contributed by atoms with Gasteiger partial charge in [-0.1, -0.05) is 12.1 Å². The van der Waals surface area contributed by atoms with Crippen molar-refractivity contribution in [1.82, 2.24) is 5.32 Å². The fourth-order valence-corrected chi connectivity index (χ4v) is 3.86. The highest BCUT2D eigenvalue weighted by Gasteiger charge is 2.48. The number of nitrogens with two attached hydrogens (primary N) is 1. The molecule has 0 aromatic heterocycles. The van der Waals surface area contributed by atoms with Gasteiger partial charge in [0.05, 0.1) is 5.92 Å². The Balaban J connectivity index is 0.00000192. The van der Waals surface area contributed by atoms with Crippen molar-refractivity contribution in [3.63, 3.8) is 0 Å². The van der Waals surface area contributed by atoms with E-state index in [1.165, 1.54) is 12.1 Å². The SMILES string of the molecule is Cl.NC1C2CCC(C2)C1C(=O)NCc1cccc(OC(F)F)c1. The average Bonchev–Trinajstić information content (AvgIpc) is 3.05. The lowest BCUT2D eigenvalue weighted by atomic mass is 9.84. The Morgan fingerprint density at radius 3 is 2.74 bits per heavy atom. The van der Waals surface area contributed by atoms with E-state index in [9.17, 15) is 13.6 Å². The number of carbonyl (C=O) groups is 1. The zero-order chi connectivity index (χ0) is 15.7. The molecule has 1 aromatic carbocycles. The van der Waals surface area contributed by atoms with Crippen molar-refractivity contribution in [2.75, 3.05) is 0 Å². The van der Waals surface area contributed by atoms with Crippen LogP contribution in [0.2, 0.25) is 0 Å². The van der Waals surface area contributed by atoms with Crippen LogP contribution in [0, 0.1) is 17.8 Å². The third kappa shape index (κ3) is 3.93. The summed E-state index contributed by atoms with van der Waals surface area (Å²) in [6.45, 7) is -2.56. The van der Waals surface area contributed by atoms with Crippen LogP contribution in [0.3, 0.4) is 0 Å². The Bertz CT molecular complexity index is 557. The van der Waals surface area contributed by atoms with Crippen LogP contribution < -0.4 is 15.8 Å². The molecule has 3 N–H and O–H groups in total. The molecule has 1 amide bonds. The average molecular weight is 347 g/mol. The first-order valence-corrected chi connectivity index (χ1v) is 7.61. The molecule has 0 aliphatic heterocycles. The van der Waals surface area contributed by atoms with Crippen molar-refractivity contribution in [2.45, 2.75) is 38.5 Å². The van der Waals surface area contributed by atoms with E-state index in [0.29, 0.717) is 18.4 Å². The van der Waals surface area contributed by atoms with Crippen molar-refractivity contribution >= 4 is 18.3 Å². The van der Waals surface area contributed by atoms with Gasteiger partial charge in [-0.3, -0.25) is 4.79 Å². The number of halogens is 3. The van der Waals surface area contributed by atoms with E-state index in [1.54, 1.807) is 12.1 Å². The molecular formula is C16H21ClF2N2O2. The van der Waals surface area contributed by atoms with E-state index in [-0.39, 0.29) is 36.0 Å². The highest BCUT2D eigenvalue weighted by atomic mass is 35.5. The smallest absolute Gasteiger partial charge is 0.387 e. The molecule has 2 aliphatic rings. The van der Waals surface area contributed by atoms with Gasteiger partial charge in [0.25, 0.3) is 0 Å². The molecule has 0 saturated heterocycles. The molecule has 128 valence electrons. The number of carbonyl (C=O) groups excluding carboxylic acids is 1. The van der Waals surface area contributed by atoms with E-state index in [4.69, 9.17) is 5.73 Å². The largest absolute Gasteiger partial charge is 0.435 e. The quantitative estimate of drug-likeness (QED) is 0.861. The van der Waals surface area contributed by atoms with Gasteiger partial charge in [-0.2, -0.15) is 8.78 Å². The molecule has 0 spiro atoms. The highest BCUT2D eigenvalue weighted by molar-refractivity contribution is 5.85. The molecule has 4 unspecified atom stereocenters. The maximum atomic E-state index is 12.3. The lowest BCUT2D eigenvalue weighted by Crippen LogP contribution is -2.45. The molecule has 0 radical (unpaired) electrons. The van der Waals surface area contributed by atoms with Gasteiger partial charge in [0, 0.05) is 12.6 Å². The number of amides is 1. The molecule has 2 aliphatic carbocycles. The second-order valence-corrected chi connectivity index (χ2v) is 6.18. The summed E-state index contributed by atoms with van der Waals surface area (Å²) < 4.78 is 28.7. The van der Waals surface area contributed by atoms with Gasteiger partial charge < -0.3 is 15.8 Å². The summed E-state index contributed by atoms with van der Waals surface area (Å²) >= 11 is 0. The van der Waals surface area contributed by atoms with Gasteiger partial charge in [0.2, 0.25) is 5.91 Å². The maximum Gasteiger partial charge on any atom is 0.387 e. The van der Waals surface area contributed by atoms with Gasteiger partial charge in [-0.05, 0) is 48.8 Å². The summed E-state index contributed by atoms with van der Waals surface area (Å²) in [6, 6.07) is 6.31. The van der Waals surface area contributed by atoms with Crippen LogP contribution in [0.15, 0.2) is 24.3 Å². The Morgan fingerprint density at radius 2 is 2.09 bits per heavy atom. The molecule has 4 nitrogen and oxygen atoms in total. The summed E-state index contributed by atoms with van der Waals surface area (Å²) in [6.07, 6.45) is 3.26. The van der Waals surface area contributed by atoms with E-state index in [2.05, 4.69) is 10.1 Å². The molecule has 23 heavy (non-hydrogen) atoms. The Kier molecular flexibility index (Phi) is 5.81. The Labute approximate surface area is 140 Å². The second-order valence-electron chi connectivity index (χ2n) is 6.18. The number of hydrogen-bond donors (Lipinski definition) is 2. The summed E-state index contributed by atoms with van der Waals surface area (Å²) in [5.41, 5.74) is 6.87. The van der Waals surface area contributed by atoms with Gasteiger partial charge >= 0.3 is 6.61 Å². The Hall–Kier alpha value is -1.40. The van der Waals surface area contributed by atoms with Crippen LogP contribution in [0.25, 0.3) is 0 Å². The molecule has 0 heterocycles. The first kappa shape index (κ1) is 17.9. The van der Waals surface area contributed by atoms with Crippen LogP contribution in [0.5, 0.6) is 5.75 Å². The number of ether oxygens (including phenoxy) is 1. The molecule has 2 fully saturated rings. The fraction of sp³-hybridized carbons (Fsp3) is 0.562. The molecule has 3 rings (SSSR count). The molecular weight excluding hydrogens is 326 g/mol. The summed E-state index contributed by atoms with van der Waals surface area (Å²) in [5, 5.41) is 2.87. The molecule has 2 saturated carbocycles. The third-order valence-electron chi connectivity index (χ3n) is 4.87. The number of nitrogens with one attached hydrogen (secondary N) is 1. The predicted octanol–water partition coefficient (Wildman–Crippen LogP) is 2.70. The van der Waals surface area contributed by atoms with E-state index >= 15 is 0 Å². The minimum atomic E-state index is -2.85. The monoisotopic (exact) mass is 346 g/mol. The molecule has 4 atom stereocenters. The number of rotatable bonds is 5.